The molecule has 0 atom stereocenters. The molecule has 15 heavy (non-hydrogen) atoms. The van der Waals surface area contributed by atoms with Crippen molar-refractivity contribution in [2.45, 2.75) is 0 Å². The van der Waals surface area contributed by atoms with Crippen molar-refractivity contribution in [2.75, 3.05) is 12.5 Å². The summed E-state index contributed by atoms with van der Waals surface area (Å²) in [4.78, 5) is 10.9. The second-order valence-corrected chi connectivity index (χ2v) is 3.25. The van der Waals surface area contributed by atoms with E-state index < -0.39 is 5.97 Å². The number of carbonyl (C=O) groups is 1. The van der Waals surface area contributed by atoms with Crippen molar-refractivity contribution < 1.29 is 9.53 Å². The Labute approximate surface area is 96.8 Å². The molecule has 0 spiro atoms. The number of esters is 1. The topological polar surface area (TPSA) is 50.7 Å². The third-order valence-electron chi connectivity index (χ3n) is 1.50. The van der Waals surface area contributed by atoms with E-state index in [4.69, 9.17) is 23.2 Å². The molecule has 0 heterocycles. The van der Waals surface area contributed by atoms with Crippen LogP contribution in [0.4, 0.5) is 5.69 Å². The molecule has 0 bridgehead atoms. The maximum absolute atomic E-state index is 10.9. The number of nitrogens with zero attached hydrogens (tertiary/aromatic N) is 1. The van der Waals surface area contributed by atoms with Gasteiger partial charge in [-0.2, -0.15) is 5.10 Å². The number of hydrogen-bond donors (Lipinski definition) is 1. The highest BCUT2D eigenvalue weighted by atomic mass is 35.5. The maximum Gasteiger partial charge on any atom is 0.370 e. The zero-order valence-electron chi connectivity index (χ0n) is 7.83. The van der Waals surface area contributed by atoms with Crippen LogP contribution >= 0.6 is 23.2 Å². The Morgan fingerprint density at radius 2 is 2.13 bits per heavy atom. The van der Waals surface area contributed by atoms with Crippen LogP contribution in [-0.4, -0.2) is 18.2 Å². The fourth-order valence-electron chi connectivity index (χ4n) is 0.791. The molecule has 0 aliphatic rings. The van der Waals surface area contributed by atoms with Gasteiger partial charge in [0, 0.05) is 0 Å². The molecule has 1 rings (SSSR count). The Morgan fingerprint density at radius 3 is 2.73 bits per heavy atom. The normalized spacial score (nSPS) is 11.0. The first kappa shape index (κ1) is 11.8. The molecular weight excluding hydrogens is 239 g/mol. The quantitative estimate of drug-likeness (QED) is 0.507. The third-order valence-corrected chi connectivity index (χ3v) is 2.07. The molecule has 4 nitrogen and oxygen atoms in total. The minimum Gasteiger partial charge on any atom is -0.464 e. The number of hydrazone groups is 1. The lowest BCUT2D eigenvalue weighted by molar-refractivity contribution is -0.132. The molecule has 0 aromatic heterocycles. The van der Waals surface area contributed by atoms with E-state index in [1.165, 1.54) is 7.11 Å². The van der Waals surface area contributed by atoms with Crippen LogP contribution in [0.25, 0.3) is 0 Å². The Hall–Kier alpha value is -1.26. The Kier molecular flexibility index (Phi) is 4.39. The predicted molar refractivity (Wildman–Crippen MR) is 60.4 cm³/mol. The van der Waals surface area contributed by atoms with Crippen molar-refractivity contribution in [3.05, 3.63) is 29.3 Å². The molecule has 0 saturated carbocycles. The van der Waals surface area contributed by atoms with Crippen molar-refractivity contribution in [1.29, 1.82) is 0 Å². The van der Waals surface area contributed by atoms with Crippen molar-refractivity contribution in [3.63, 3.8) is 0 Å². The van der Waals surface area contributed by atoms with Crippen LogP contribution in [0.1, 0.15) is 0 Å². The second kappa shape index (κ2) is 5.58. The van der Waals surface area contributed by atoms with Gasteiger partial charge < -0.3 is 4.74 Å². The van der Waals surface area contributed by atoms with Gasteiger partial charge in [-0.25, -0.2) is 4.79 Å². The van der Waals surface area contributed by atoms with Gasteiger partial charge >= 0.3 is 5.97 Å². The zero-order chi connectivity index (χ0) is 11.3. The zero-order valence-corrected chi connectivity index (χ0v) is 9.34. The first-order chi connectivity index (χ1) is 7.15. The van der Waals surface area contributed by atoms with Crippen LogP contribution < -0.4 is 5.43 Å². The van der Waals surface area contributed by atoms with Gasteiger partial charge in [-0.1, -0.05) is 35.3 Å². The minimum absolute atomic E-state index is 0.294. The number of carbonyl (C=O) groups excluding carboxylic acids is 1. The van der Waals surface area contributed by atoms with Crippen LogP contribution in [0.15, 0.2) is 29.4 Å². The second-order valence-electron chi connectivity index (χ2n) is 2.49. The molecule has 1 aromatic carbocycles. The largest absolute Gasteiger partial charge is 0.464 e. The van der Waals surface area contributed by atoms with Crippen LogP contribution in [0.3, 0.4) is 0 Å². The number of ether oxygens (including phenoxy) is 1. The number of benzene rings is 1. The summed E-state index contributed by atoms with van der Waals surface area (Å²) in [5.41, 5.74) is 3.11. The van der Waals surface area contributed by atoms with Crippen molar-refractivity contribution in [2.24, 2.45) is 5.10 Å². The highest BCUT2D eigenvalue weighted by molar-refractivity contribution is 6.82. The molecule has 0 radical (unpaired) electrons. The Morgan fingerprint density at radius 1 is 1.47 bits per heavy atom. The van der Waals surface area contributed by atoms with Gasteiger partial charge in [-0.15, -0.1) is 0 Å². The standard InChI is InChI=1S/C9H8Cl2N2O2/c1-15-9(14)8(11)13-12-7-5-3-2-4-6(7)10/h2-5,12H,1H3/b13-8-. The van der Waals surface area contributed by atoms with Crippen LogP contribution in [0, 0.1) is 0 Å². The maximum atomic E-state index is 10.9. The number of para-hydroxylation sites is 1. The van der Waals surface area contributed by atoms with Crippen molar-refractivity contribution in [1.82, 2.24) is 0 Å². The highest BCUT2D eigenvalue weighted by Crippen LogP contribution is 2.20. The smallest absolute Gasteiger partial charge is 0.370 e. The first-order valence-corrected chi connectivity index (χ1v) is 4.72. The van der Waals surface area contributed by atoms with Gasteiger partial charge in [0.25, 0.3) is 0 Å². The molecule has 0 aliphatic carbocycles. The minimum atomic E-state index is -0.712. The van der Waals surface area contributed by atoms with E-state index in [9.17, 15) is 4.79 Å². The Balaban J connectivity index is 2.72. The summed E-state index contributed by atoms with van der Waals surface area (Å²) < 4.78 is 4.36. The van der Waals surface area contributed by atoms with Gasteiger partial charge in [0.2, 0.25) is 5.17 Å². The molecule has 80 valence electrons. The van der Waals surface area contributed by atoms with Crippen LogP contribution in [0.5, 0.6) is 0 Å². The number of nitrogens with one attached hydrogen (secondary N) is 1. The van der Waals surface area contributed by atoms with E-state index in [0.717, 1.165) is 0 Å². The van der Waals surface area contributed by atoms with E-state index in [0.29, 0.717) is 10.7 Å². The fourth-order valence-corrected chi connectivity index (χ4v) is 1.09. The lowest BCUT2D eigenvalue weighted by atomic mass is 10.3. The summed E-state index contributed by atoms with van der Waals surface area (Å²) in [6.07, 6.45) is 0. The average molecular weight is 247 g/mol. The number of anilines is 1. The number of methoxy groups -OCH3 is 1. The summed E-state index contributed by atoms with van der Waals surface area (Å²) in [6, 6.07) is 6.94. The number of rotatable bonds is 3. The summed E-state index contributed by atoms with van der Waals surface area (Å²) in [5, 5.41) is 3.79. The fraction of sp³-hybridized carbons (Fsp3) is 0.111. The van der Waals surface area contributed by atoms with E-state index in [1.807, 2.05) is 0 Å². The SMILES string of the molecule is COC(=O)/C(Cl)=N/Nc1ccccc1Cl. The summed E-state index contributed by atoms with van der Waals surface area (Å²) >= 11 is 11.3. The predicted octanol–water partition coefficient (Wildman–Crippen LogP) is 2.48. The Bertz CT molecular complexity index is 393. The lowest BCUT2D eigenvalue weighted by Crippen LogP contribution is -2.11. The van der Waals surface area contributed by atoms with Gasteiger partial charge in [-0.3, -0.25) is 5.43 Å². The van der Waals surface area contributed by atoms with Gasteiger partial charge in [0.15, 0.2) is 0 Å². The van der Waals surface area contributed by atoms with Crippen LogP contribution in [-0.2, 0) is 9.53 Å². The molecule has 0 aliphatic heterocycles. The lowest BCUT2D eigenvalue weighted by Gasteiger charge is -2.02. The van der Waals surface area contributed by atoms with E-state index >= 15 is 0 Å². The summed E-state index contributed by atoms with van der Waals surface area (Å²) in [6.45, 7) is 0. The monoisotopic (exact) mass is 246 g/mol. The van der Waals surface area contributed by atoms with E-state index in [-0.39, 0.29) is 5.17 Å². The molecule has 6 heteroatoms. The van der Waals surface area contributed by atoms with Crippen LogP contribution in [0.2, 0.25) is 5.02 Å². The van der Waals surface area contributed by atoms with Crippen molar-refractivity contribution >= 4 is 40.0 Å². The highest BCUT2D eigenvalue weighted by Gasteiger charge is 2.07. The van der Waals surface area contributed by atoms with E-state index in [1.54, 1.807) is 24.3 Å². The van der Waals surface area contributed by atoms with Crippen molar-refractivity contribution in [3.8, 4) is 0 Å². The first-order valence-electron chi connectivity index (χ1n) is 3.97. The average Bonchev–Trinajstić information content (AvgIpc) is 2.26. The number of hydrogen-bond acceptors (Lipinski definition) is 4. The number of halogens is 2. The molecule has 0 fully saturated rings. The molecular formula is C9H8Cl2N2O2. The molecule has 1 N–H and O–H groups in total. The van der Waals surface area contributed by atoms with Gasteiger partial charge in [0.05, 0.1) is 17.8 Å². The molecule has 0 amide bonds. The summed E-state index contributed by atoms with van der Waals surface area (Å²) in [7, 11) is 1.22. The van der Waals surface area contributed by atoms with Gasteiger partial charge in [-0.05, 0) is 12.1 Å². The molecule has 1 aromatic rings. The molecule has 0 saturated heterocycles. The van der Waals surface area contributed by atoms with E-state index in [2.05, 4.69) is 15.3 Å². The third kappa shape index (κ3) is 3.42. The van der Waals surface area contributed by atoms with Gasteiger partial charge in [0.1, 0.15) is 0 Å². The summed E-state index contributed by atoms with van der Waals surface area (Å²) in [5.74, 6) is -0.712. The molecule has 0 unspecified atom stereocenters.